The van der Waals surface area contributed by atoms with Gasteiger partial charge in [-0.1, -0.05) is 35.3 Å². The largest absolute Gasteiger partial charge is 0.480 e. The fraction of sp³-hybridized carbons (Fsp3) is 0.235. The minimum Gasteiger partial charge on any atom is -0.480 e. The van der Waals surface area contributed by atoms with E-state index in [-0.39, 0.29) is 22.9 Å². The summed E-state index contributed by atoms with van der Waals surface area (Å²) >= 11 is 11.7. The van der Waals surface area contributed by atoms with Gasteiger partial charge in [-0.15, -0.1) is 0 Å². The molecule has 0 aromatic heterocycles. The molecule has 2 rings (SSSR count). The molecule has 2 aromatic carbocycles. The van der Waals surface area contributed by atoms with Gasteiger partial charge in [-0.25, -0.2) is 9.18 Å². The van der Waals surface area contributed by atoms with E-state index in [0.29, 0.717) is 5.02 Å². The molecule has 1 N–H and O–H groups in total. The maximum atomic E-state index is 13.1. The zero-order valence-electron chi connectivity index (χ0n) is 14.1. The van der Waals surface area contributed by atoms with Crippen LogP contribution < -0.4 is 4.74 Å². The second kappa shape index (κ2) is 9.53. The molecular formula is C17H16Cl2FO6P. The van der Waals surface area contributed by atoms with E-state index < -0.39 is 31.8 Å². The number of halogens is 3. The molecule has 2 aromatic rings. The highest BCUT2D eigenvalue weighted by atomic mass is 35.5. The molecular weight excluding hydrogens is 421 g/mol. The van der Waals surface area contributed by atoms with Crippen molar-refractivity contribution in [3.05, 3.63) is 63.9 Å². The lowest BCUT2D eigenvalue weighted by Gasteiger charge is -2.22. The molecule has 0 aliphatic carbocycles. The van der Waals surface area contributed by atoms with Crippen molar-refractivity contribution in [1.29, 1.82) is 0 Å². The molecule has 10 heteroatoms. The Kier molecular flexibility index (Phi) is 7.65. The first-order valence-corrected chi connectivity index (χ1v) is 10.1. The van der Waals surface area contributed by atoms with Gasteiger partial charge in [0, 0.05) is 10.6 Å². The average molecular weight is 437 g/mol. The van der Waals surface area contributed by atoms with Crippen molar-refractivity contribution in [1.82, 2.24) is 0 Å². The van der Waals surface area contributed by atoms with E-state index >= 15 is 0 Å². The number of ether oxygens (including phenoxy) is 2. The highest BCUT2D eigenvalue weighted by molar-refractivity contribution is 7.53. The first kappa shape index (κ1) is 21.7. The van der Waals surface area contributed by atoms with Crippen LogP contribution in [0.1, 0.15) is 18.3 Å². The van der Waals surface area contributed by atoms with Crippen molar-refractivity contribution < 1.29 is 32.6 Å². The minimum atomic E-state index is -4.37. The predicted molar refractivity (Wildman–Crippen MR) is 98.6 cm³/mol. The van der Waals surface area contributed by atoms with Crippen LogP contribution in [0.4, 0.5) is 4.39 Å². The van der Waals surface area contributed by atoms with Crippen molar-refractivity contribution >= 4 is 36.8 Å². The van der Waals surface area contributed by atoms with Crippen LogP contribution in [0.3, 0.4) is 0 Å². The Morgan fingerprint density at radius 3 is 2.48 bits per heavy atom. The lowest BCUT2D eigenvalue weighted by Crippen LogP contribution is -2.19. The minimum absolute atomic E-state index is 0.0834. The fourth-order valence-electron chi connectivity index (χ4n) is 2.09. The Morgan fingerprint density at radius 2 is 1.89 bits per heavy atom. The van der Waals surface area contributed by atoms with Gasteiger partial charge in [0.25, 0.3) is 0 Å². The summed E-state index contributed by atoms with van der Waals surface area (Å²) in [5.74, 6) is -2.93. The second-order valence-electron chi connectivity index (χ2n) is 5.24. The van der Waals surface area contributed by atoms with Gasteiger partial charge in [-0.2, -0.15) is 0 Å². The molecule has 0 amide bonds. The summed E-state index contributed by atoms with van der Waals surface area (Å²) in [6.07, 6.45) is 0. The van der Waals surface area contributed by atoms with Crippen LogP contribution in [0.25, 0.3) is 0 Å². The molecule has 0 bridgehead atoms. The lowest BCUT2D eigenvalue weighted by atomic mass is 10.2. The zero-order chi connectivity index (χ0) is 20.0. The van der Waals surface area contributed by atoms with Gasteiger partial charge in [-0.3, -0.25) is 4.57 Å². The first-order chi connectivity index (χ1) is 12.7. The molecule has 0 heterocycles. The summed E-state index contributed by atoms with van der Waals surface area (Å²) in [6.45, 7) is 0.850. The van der Waals surface area contributed by atoms with Gasteiger partial charge in [0.1, 0.15) is 11.6 Å². The fourth-order valence-corrected chi connectivity index (χ4v) is 3.86. The van der Waals surface area contributed by atoms with Crippen molar-refractivity contribution in [3.63, 3.8) is 0 Å². The van der Waals surface area contributed by atoms with Crippen LogP contribution in [0, 0.1) is 5.82 Å². The standard InChI is InChI=1S/C17H16Cl2FO6P/c1-2-25-27(22,23)17(11-3-6-13(20)7-4-11)26-16(21)10-24-15-8-5-12(18)9-14(15)19/h3-9,17H,2,10H2,1H3,(H,22,23). The number of esters is 1. The molecule has 0 aliphatic rings. The second-order valence-corrected chi connectivity index (χ2v) is 7.94. The SMILES string of the molecule is CCOP(=O)(O)C(OC(=O)COc1ccc(Cl)cc1Cl)c1ccc(F)cc1. The predicted octanol–water partition coefficient (Wildman–Crippen LogP) is 4.98. The topological polar surface area (TPSA) is 82.1 Å². The van der Waals surface area contributed by atoms with E-state index in [2.05, 4.69) is 0 Å². The van der Waals surface area contributed by atoms with E-state index in [1.807, 2.05) is 0 Å². The van der Waals surface area contributed by atoms with Gasteiger partial charge in [0.2, 0.25) is 5.85 Å². The third-order valence-corrected chi connectivity index (χ3v) is 5.40. The molecule has 2 atom stereocenters. The normalized spacial score (nSPS) is 14.3. The van der Waals surface area contributed by atoms with E-state index in [9.17, 15) is 18.6 Å². The van der Waals surface area contributed by atoms with Gasteiger partial charge < -0.3 is 18.9 Å². The number of rotatable bonds is 8. The summed E-state index contributed by atoms with van der Waals surface area (Å²) in [7, 11) is -4.37. The number of carbonyl (C=O) groups excluding carboxylic acids is 1. The zero-order valence-corrected chi connectivity index (χ0v) is 16.5. The van der Waals surface area contributed by atoms with Crippen molar-refractivity contribution in [2.45, 2.75) is 12.8 Å². The van der Waals surface area contributed by atoms with Gasteiger partial charge in [0.15, 0.2) is 6.61 Å². The molecule has 0 saturated carbocycles. The average Bonchev–Trinajstić information content (AvgIpc) is 2.59. The maximum Gasteiger partial charge on any atom is 0.373 e. The summed E-state index contributed by atoms with van der Waals surface area (Å²) in [6, 6.07) is 9.03. The Labute approximate surface area is 165 Å². The van der Waals surface area contributed by atoms with Gasteiger partial charge >= 0.3 is 13.6 Å². The molecule has 2 unspecified atom stereocenters. The van der Waals surface area contributed by atoms with E-state index in [1.54, 1.807) is 0 Å². The quantitative estimate of drug-likeness (QED) is 0.464. The van der Waals surface area contributed by atoms with E-state index in [4.69, 9.17) is 37.2 Å². The molecule has 0 radical (unpaired) electrons. The summed E-state index contributed by atoms with van der Waals surface area (Å²) in [4.78, 5) is 22.2. The van der Waals surface area contributed by atoms with E-state index in [0.717, 1.165) is 12.1 Å². The summed E-state index contributed by atoms with van der Waals surface area (Å²) in [5.41, 5.74) is 0.105. The molecule has 0 aliphatic heterocycles. The number of benzene rings is 2. The van der Waals surface area contributed by atoms with E-state index in [1.165, 1.54) is 37.3 Å². The van der Waals surface area contributed by atoms with Crippen LogP contribution in [-0.2, 0) is 18.6 Å². The smallest absolute Gasteiger partial charge is 0.373 e. The third-order valence-electron chi connectivity index (χ3n) is 3.25. The van der Waals surface area contributed by atoms with Crippen molar-refractivity contribution in [2.24, 2.45) is 0 Å². The molecule has 27 heavy (non-hydrogen) atoms. The number of hydrogen-bond donors (Lipinski definition) is 1. The first-order valence-electron chi connectivity index (χ1n) is 7.72. The molecule has 0 spiro atoms. The van der Waals surface area contributed by atoms with Crippen LogP contribution in [0.5, 0.6) is 5.75 Å². The Balaban J connectivity index is 2.13. The number of hydrogen-bond acceptors (Lipinski definition) is 5. The molecule has 146 valence electrons. The Morgan fingerprint density at radius 1 is 1.22 bits per heavy atom. The van der Waals surface area contributed by atoms with Crippen LogP contribution in [0.15, 0.2) is 42.5 Å². The molecule has 6 nitrogen and oxygen atoms in total. The third kappa shape index (κ3) is 6.19. The number of carbonyl (C=O) groups is 1. The maximum absolute atomic E-state index is 13.1. The molecule has 0 saturated heterocycles. The monoisotopic (exact) mass is 436 g/mol. The van der Waals surface area contributed by atoms with Crippen LogP contribution >= 0.6 is 30.8 Å². The van der Waals surface area contributed by atoms with Gasteiger partial charge in [0.05, 0.1) is 11.6 Å². The Hall–Kier alpha value is -1.63. The van der Waals surface area contributed by atoms with Crippen LogP contribution in [0.2, 0.25) is 10.0 Å². The Bertz CT molecular complexity index is 846. The van der Waals surface area contributed by atoms with Gasteiger partial charge in [-0.05, 0) is 37.3 Å². The highest BCUT2D eigenvalue weighted by Gasteiger charge is 2.37. The van der Waals surface area contributed by atoms with Crippen molar-refractivity contribution in [3.8, 4) is 5.75 Å². The molecule has 0 fully saturated rings. The summed E-state index contributed by atoms with van der Waals surface area (Å²) < 4.78 is 40.7. The van der Waals surface area contributed by atoms with Crippen LogP contribution in [-0.4, -0.2) is 24.1 Å². The highest BCUT2D eigenvalue weighted by Crippen LogP contribution is 2.57. The lowest BCUT2D eigenvalue weighted by molar-refractivity contribution is -0.149. The van der Waals surface area contributed by atoms with Crippen molar-refractivity contribution in [2.75, 3.05) is 13.2 Å². The summed E-state index contributed by atoms with van der Waals surface area (Å²) in [5, 5.41) is 0.580.